The predicted octanol–water partition coefficient (Wildman–Crippen LogP) is 2.20. The Morgan fingerprint density at radius 3 is 2.39 bits per heavy atom. The molecule has 0 amide bonds. The van der Waals surface area contributed by atoms with Crippen LogP contribution in [0.5, 0.6) is 0 Å². The molecule has 100 valence electrons. The van der Waals surface area contributed by atoms with Crippen LogP contribution in [0.1, 0.15) is 13.8 Å². The van der Waals surface area contributed by atoms with Crippen molar-refractivity contribution in [3.63, 3.8) is 0 Å². The molecule has 2 unspecified atom stereocenters. The molecule has 0 spiro atoms. The molecule has 6 heteroatoms. The summed E-state index contributed by atoms with van der Waals surface area (Å²) in [5.41, 5.74) is 5.99. The van der Waals surface area contributed by atoms with Gasteiger partial charge in [0.05, 0.1) is 5.69 Å². The summed E-state index contributed by atoms with van der Waals surface area (Å²) < 4.78 is 26.5. The van der Waals surface area contributed by atoms with Gasteiger partial charge in [0.15, 0.2) is 0 Å². The Labute approximate surface area is 113 Å². The van der Waals surface area contributed by atoms with Crippen molar-refractivity contribution in [3.8, 4) is 0 Å². The molecule has 2 atom stereocenters. The first-order chi connectivity index (χ1) is 8.32. The molecule has 1 fully saturated rings. The summed E-state index contributed by atoms with van der Waals surface area (Å²) in [5, 5.41) is 0.378. The second kappa shape index (κ2) is 4.72. The van der Waals surface area contributed by atoms with E-state index < -0.39 is 10.0 Å². The van der Waals surface area contributed by atoms with Crippen molar-refractivity contribution in [1.29, 1.82) is 0 Å². The van der Waals surface area contributed by atoms with Crippen LogP contribution in [0.3, 0.4) is 0 Å². The fourth-order valence-corrected chi connectivity index (χ4v) is 4.16. The topological polar surface area (TPSA) is 63.4 Å². The lowest BCUT2D eigenvalue weighted by Crippen LogP contribution is -2.29. The van der Waals surface area contributed by atoms with Crippen LogP contribution >= 0.6 is 11.6 Å². The van der Waals surface area contributed by atoms with Gasteiger partial charge in [-0.25, -0.2) is 8.42 Å². The van der Waals surface area contributed by atoms with E-state index in [1.54, 1.807) is 6.07 Å². The van der Waals surface area contributed by atoms with Crippen molar-refractivity contribution < 1.29 is 8.42 Å². The summed E-state index contributed by atoms with van der Waals surface area (Å²) in [7, 11) is -3.53. The summed E-state index contributed by atoms with van der Waals surface area (Å²) >= 11 is 5.85. The number of hydrogen-bond donors (Lipinski definition) is 1. The molecule has 1 aliphatic heterocycles. The standard InChI is InChI=1S/C12H17ClN2O2S/c1-8-6-15(7-9(8)2)18(16,17)12-5-10(13)3-4-11(12)14/h3-5,8-9H,6-7,14H2,1-2H3. The molecule has 4 nitrogen and oxygen atoms in total. The number of rotatable bonds is 2. The van der Waals surface area contributed by atoms with E-state index >= 15 is 0 Å². The number of anilines is 1. The lowest BCUT2D eigenvalue weighted by molar-refractivity contribution is 0.463. The van der Waals surface area contributed by atoms with Gasteiger partial charge in [-0.2, -0.15) is 4.31 Å². The van der Waals surface area contributed by atoms with Crippen LogP contribution in [-0.4, -0.2) is 25.8 Å². The van der Waals surface area contributed by atoms with Crippen LogP contribution in [0.25, 0.3) is 0 Å². The molecule has 0 saturated carbocycles. The van der Waals surface area contributed by atoms with Crippen LogP contribution in [0, 0.1) is 11.8 Å². The van der Waals surface area contributed by atoms with Gasteiger partial charge in [0.1, 0.15) is 4.90 Å². The Morgan fingerprint density at radius 2 is 1.83 bits per heavy atom. The highest BCUT2D eigenvalue weighted by Gasteiger charge is 2.35. The first-order valence-corrected chi connectivity index (χ1v) is 7.69. The molecule has 1 heterocycles. The second-order valence-corrected chi connectivity index (χ2v) is 7.30. The molecule has 0 bridgehead atoms. The van der Waals surface area contributed by atoms with Gasteiger partial charge in [-0.3, -0.25) is 0 Å². The molecule has 0 aliphatic carbocycles. The van der Waals surface area contributed by atoms with E-state index in [2.05, 4.69) is 13.8 Å². The van der Waals surface area contributed by atoms with E-state index in [1.165, 1.54) is 16.4 Å². The Bertz CT molecular complexity index is 549. The van der Waals surface area contributed by atoms with Crippen LogP contribution in [0.4, 0.5) is 5.69 Å². The van der Waals surface area contributed by atoms with Gasteiger partial charge in [0.25, 0.3) is 0 Å². The minimum absolute atomic E-state index is 0.108. The highest BCUT2D eigenvalue weighted by atomic mass is 35.5. The lowest BCUT2D eigenvalue weighted by Gasteiger charge is -2.17. The van der Waals surface area contributed by atoms with Gasteiger partial charge in [0.2, 0.25) is 10.0 Å². The third-order valence-corrected chi connectivity index (χ3v) is 5.67. The number of nitrogen functional groups attached to an aromatic ring is 1. The molecule has 18 heavy (non-hydrogen) atoms. The zero-order chi connectivity index (χ0) is 13.5. The van der Waals surface area contributed by atoms with E-state index in [0.717, 1.165) is 0 Å². The Hall–Kier alpha value is -0.780. The quantitative estimate of drug-likeness (QED) is 0.849. The minimum Gasteiger partial charge on any atom is -0.398 e. The largest absolute Gasteiger partial charge is 0.398 e. The van der Waals surface area contributed by atoms with Gasteiger partial charge >= 0.3 is 0 Å². The molecule has 1 aliphatic rings. The van der Waals surface area contributed by atoms with Crippen molar-refractivity contribution >= 4 is 27.3 Å². The molecule has 2 N–H and O–H groups in total. The maximum atomic E-state index is 12.5. The number of nitrogens with two attached hydrogens (primary N) is 1. The van der Waals surface area contributed by atoms with E-state index in [-0.39, 0.29) is 10.6 Å². The van der Waals surface area contributed by atoms with E-state index in [4.69, 9.17) is 17.3 Å². The van der Waals surface area contributed by atoms with Gasteiger partial charge in [0, 0.05) is 18.1 Å². The molecule has 0 radical (unpaired) electrons. The Balaban J connectivity index is 2.40. The fraction of sp³-hybridized carbons (Fsp3) is 0.500. The second-order valence-electron chi connectivity index (χ2n) is 4.96. The van der Waals surface area contributed by atoms with Gasteiger partial charge < -0.3 is 5.73 Å². The molecule has 2 rings (SSSR count). The van der Waals surface area contributed by atoms with Gasteiger partial charge in [-0.1, -0.05) is 25.4 Å². The molecular weight excluding hydrogens is 272 g/mol. The number of hydrogen-bond acceptors (Lipinski definition) is 3. The zero-order valence-corrected chi connectivity index (χ0v) is 12.0. The average molecular weight is 289 g/mol. The molecule has 1 aromatic carbocycles. The summed E-state index contributed by atoms with van der Waals surface area (Å²) in [5.74, 6) is 0.723. The summed E-state index contributed by atoms with van der Waals surface area (Å²) in [6.45, 7) is 5.19. The minimum atomic E-state index is -3.53. The molecular formula is C12H17ClN2O2S. The monoisotopic (exact) mass is 288 g/mol. The highest BCUT2D eigenvalue weighted by molar-refractivity contribution is 7.89. The van der Waals surface area contributed by atoms with Crippen LogP contribution in [0.2, 0.25) is 5.02 Å². The van der Waals surface area contributed by atoms with Crippen molar-refractivity contribution in [1.82, 2.24) is 4.31 Å². The van der Waals surface area contributed by atoms with Crippen LogP contribution in [-0.2, 0) is 10.0 Å². The maximum Gasteiger partial charge on any atom is 0.245 e. The smallest absolute Gasteiger partial charge is 0.245 e. The zero-order valence-electron chi connectivity index (χ0n) is 10.4. The Kier molecular flexibility index (Phi) is 3.58. The molecule has 1 saturated heterocycles. The van der Waals surface area contributed by atoms with Gasteiger partial charge in [-0.05, 0) is 30.0 Å². The maximum absolute atomic E-state index is 12.5. The SMILES string of the molecule is CC1CN(S(=O)(=O)c2cc(Cl)ccc2N)CC1C. The normalized spacial score (nSPS) is 25.5. The van der Waals surface area contributed by atoms with E-state index in [9.17, 15) is 8.42 Å². The fourth-order valence-electron chi connectivity index (χ4n) is 2.14. The summed E-state index contributed by atoms with van der Waals surface area (Å²) in [6, 6.07) is 4.53. The van der Waals surface area contributed by atoms with Crippen LogP contribution in [0.15, 0.2) is 23.1 Å². The number of halogens is 1. The Morgan fingerprint density at radius 1 is 1.28 bits per heavy atom. The van der Waals surface area contributed by atoms with Crippen molar-refractivity contribution in [2.24, 2.45) is 11.8 Å². The average Bonchev–Trinajstić information content (AvgIpc) is 2.63. The predicted molar refractivity (Wildman–Crippen MR) is 73.0 cm³/mol. The van der Waals surface area contributed by atoms with Crippen molar-refractivity contribution in [2.75, 3.05) is 18.8 Å². The summed E-state index contributed by atoms with van der Waals surface area (Å²) in [4.78, 5) is 0.108. The first-order valence-electron chi connectivity index (χ1n) is 5.87. The third kappa shape index (κ3) is 2.35. The van der Waals surface area contributed by atoms with E-state index in [0.29, 0.717) is 29.9 Å². The van der Waals surface area contributed by atoms with Crippen molar-refractivity contribution in [2.45, 2.75) is 18.7 Å². The molecule has 1 aromatic rings. The number of benzene rings is 1. The van der Waals surface area contributed by atoms with Crippen molar-refractivity contribution in [3.05, 3.63) is 23.2 Å². The third-order valence-electron chi connectivity index (χ3n) is 3.55. The van der Waals surface area contributed by atoms with Crippen LogP contribution < -0.4 is 5.73 Å². The first kappa shape index (κ1) is 13.6. The number of nitrogens with zero attached hydrogens (tertiary/aromatic N) is 1. The number of sulfonamides is 1. The summed E-state index contributed by atoms with van der Waals surface area (Å²) in [6.07, 6.45) is 0. The van der Waals surface area contributed by atoms with E-state index in [1.807, 2.05) is 0 Å². The molecule has 0 aromatic heterocycles. The lowest BCUT2D eigenvalue weighted by atomic mass is 10.0. The highest BCUT2D eigenvalue weighted by Crippen LogP contribution is 2.31. The van der Waals surface area contributed by atoms with Gasteiger partial charge in [-0.15, -0.1) is 0 Å².